The van der Waals surface area contributed by atoms with Crippen molar-refractivity contribution in [1.82, 2.24) is 0 Å². The fourth-order valence-corrected chi connectivity index (χ4v) is 3.25. The van der Waals surface area contributed by atoms with E-state index in [0.29, 0.717) is 43.5 Å². The molecule has 2 heterocycles. The molecule has 1 saturated heterocycles. The lowest BCUT2D eigenvalue weighted by molar-refractivity contribution is -0.137. The number of nitrogens with one attached hydrogen (secondary N) is 1. The molecule has 0 radical (unpaired) electrons. The molecule has 2 aliphatic rings. The fraction of sp³-hybridized carbons (Fsp3) is 0.350. The van der Waals surface area contributed by atoms with Crippen LogP contribution in [-0.2, 0) is 15.7 Å². The Morgan fingerprint density at radius 1 is 1.07 bits per heavy atom. The lowest BCUT2D eigenvalue weighted by Gasteiger charge is -2.31. The summed E-state index contributed by atoms with van der Waals surface area (Å²) in [5.41, 5.74) is -0.253. The van der Waals surface area contributed by atoms with E-state index in [9.17, 15) is 18.0 Å². The Morgan fingerprint density at radius 3 is 2.52 bits per heavy atom. The van der Waals surface area contributed by atoms with Crippen molar-refractivity contribution in [3.05, 3.63) is 48.0 Å². The Labute approximate surface area is 165 Å². The number of anilines is 2. The van der Waals surface area contributed by atoms with Gasteiger partial charge in [0.05, 0.1) is 30.2 Å². The van der Waals surface area contributed by atoms with Crippen LogP contribution < -0.4 is 19.7 Å². The third kappa shape index (κ3) is 4.24. The molecule has 1 fully saturated rings. The maximum Gasteiger partial charge on any atom is 0.416 e. The zero-order valence-electron chi connectivity index (χ0n) is 15.4. The van der Waals surface area contributed by atoms with Gasteiger partial charge < -0.3 is 24.4 Å². The first-order chi connectivity index (χ1) is 13.9. The fourth-order valence-electron chi connectivity index (χ4n) is 3.25. The first-order valence-corrected chi connectivity index (χ1v) is 9.15. The molecule has 0 saturated carbocycles. The van der Waals surface area contributed by atoms with Crippen LogP contribution in [0.15, 0.2) is 42.5 Å². The molecular formula is C20H19F3N2O4. The van der Waals surface area contributed by atoms with Crippen LogP contribution in [0.1, 0.15) is 5.56 Å². The minimum Gasteiger partial charge on any atom is -0.485 e. The number of hydrogen-bond acceptors (Lipinski definition) is 5. The first-order valence-electron chi connectivity index (χ1n) is 9.15. The van der Waals surface area contributed by atoms with E-state index in [1.807, 2.05) is 4.90 Å². The number of nitrogens with zero attached hydrogens (tertiary/aromatic N) is 1. The SMILES string of the molecule is O=C(Nc1cc(C(F)(F)F)ccc1N1CCOCC1)C1COc2ccccc2O1. The van der Waals surface area contributed by atoms with Gasteiger partial charge in [-0.15, -0.1) is 0 Å². The van der Waals surface area contributed by atoms with Gasteiger partial charge in [-0.05, 0) is 30.3 Å². The minimum absolute atomic E-state index is 0.0330. The molecule has 9 heteroatoms. The van der Waals surface area contributed by atoms with Crippen LogP contribution >= 0.6 is 0 Å². The van der Waals surface area contributed by atoms with Crippen LogP contribution in [0.3, 0.4) is 0 Å². The van der Waals surface area contributed by atoms with Crippen molar-refractivity contribution in [2.75, 3.05) is 43.1 Å². The minimum atomic E-state index is -4.52. The zero-order chi connectivity index (χ0) is 20.4. The largest absolute Gasteiger partial charge is 0.485 e. The molecule has 6 nitrogen and oxygen atoms in total. The second kappa shape index (κ2) is 7.82. The van der Waals surface area contributed by atoms with Crippen molar-refractivity contribution >= 4 is 17.3 Å². The standard InChI is InChI=1S/C20H19F3N2O4/c21-20(22,23)13-5-6-15(25-7-9-27-10-8-25)14(11-13)24-19(26)18-12-28-16-3-1-2-4-17(16)29-18/h1-6,11,18H,7-10,12H2,(H,24,26). The molecule has 2 aliphatic heterocycles. The molecule has 1 N–H and O–H groups in total. The Kier molecular flexibility index (Phi) is 5.23. The third-order valence-electron chi connectivity index (χ3n) is 4.73. The van der Waals surface area contributed by atoms with Gasteiger partial charge in [-0.3, -0.25) is 4.79 Å². The predicted octanol–water partition coefficient (Wildman–Crippen LogP) is 3.32. The van der Waals surface area contributed by atoms with E-state index in [-0.39, 0.29) is 12.3 Å². The molecular weight excluding hydrogens is 389 g/mol. The molecule has 2 aromatic rings. The van der Waals surface area contributed by atoms with Crippen molar-refractivity contribution in [1.29, 1.82) is 0 Å². The number of morpholine rings is 1. The van der Waals surface area contributed by atoms with Crippen molar-refractivity contribution in [3.8, 4) is 11.5 Å². The lowest BCUT2D eigenvalue weighted by atomic mass is 10.1. The summed E-state index contributed by atoms with van der Waals surface area (Å²) >= 11 is 0. The van der Waals surface area contributed by atoms with E-state index in [1.165, 1.54) is 6.07 Å². The smallest absolute Gasteiger partial charge is 0.416 e. The molecule has 2 aromatic carbocycles. The van der Waals surface area contributed by atoms with Gasteiger partial charge in [-0.25, -0.2) is 0 Å². The van der Waals surface area contributed by atoms with Gasteiger partial charge in [-0.1, -0.05) is 12.1 Å². The van der Waals surface area contributed by atoms with Gasteiger partial charge in [0.25, 0.3) is 5.91 Å². The number of fused-ring (bicyclic) bond motifs is 1. The Morgan fingerprint density at radius 2 is 1.79 bits per heavy atom. The van der Waals surface area contributed by atoms with Crippen LogP contribution in [0.4, 0.5) is 24.5 Å². The van der Waals surface area contributed by atoms with E-state index in [1.54, 1.807) is 24.3 Å². The number of para-hydroxylation sites is 2. The molecule has 0 aromatic heterocycles. The maximum absolute atomic E-state index is 13.2. The van der Waals surface area contributed by atoms with Crippen LogP contribution in [-0.4, -0.2) is 44.9 Å². The number of rotatable bonds is 3. The average Bonchev–Trinajstić information content (AvgIpc) is 2.73. The molecule has 154 valence electrons. The number of ether oxygens (including phenoxy) is 3. The number of halogens is 3. The summed E-state index contributed by atoms with van der Waals surface area (Å²) in [6.45, 7) is 1.93. The van der Waals surface area contributed by atoms with Crippen LogP contribution in [0.2, 0.25) is 0 Å². The quantitative estimate of drug-likeness (QED) is 0.845. The van der Waals surface area contributed by atoms with Gasteiger partial charge >= 0.3 is 6.18 Å². The highest BCUT2D eigenvalue weighted by Gasteiger charge is 2.33. The topological polar surface area (TPSA) is 60.0 Å². The number of benzene rings is 2. The second-order valence-electron chi connectivity index (χ2n) is 6.68. The molecule has 29 heavy (non-hydrogen) atoms. The van der Waals surface area contributed by atoms with Gasteiger partial charge in [0, 0.05) is 13.1 Å². The summed E-state index contributed by atoms with van der Waals surface area (Å²) in [7, 11) is 0. The van der Waals surface area contributed by atoms with Crippen molar-refractivity contribution in [2.24, 2.45) is 0 Å². The summed E-state index contributed by atoms with van der Waals surface area (Å²) < 4.78 is 56.1. The van der Waals surface area contributed by atoms with E-state index in [4.69, 9.17) is 14.2 Å². The lowest BCUT2D eigenvalue weighted by Crippen LogP contribution is -2.41. The molecule has 1 amide bonds. The normalized spacial score (nSPS) is 19.0. The van der Waals surface area contributed by atoms with Gasteiger partial charge in [0.15, 0.2) is 11.5 Å². The number of amides is 1. The number of carbonyl (C=O) groups is 1. The molecule has 4 rings (SSSR count). The van der Waals surface area contributed by atoms with E-state index in [2.05, 4.69) is 5.32 Å². The highest BCUT2D eigenvalue weighted by atomic mass is 19.4. The maximum atomic E-state index is 13.2. The van der Waals surface area contributed by atoms with Crippen molar-refractivity contribution in [3.63, 3.8) is 0 Å². The monoisotopic (exact) mass is 408 g/mol. The summed E-state index contributed by atoms with van der Waals surface area (Å²) in [6.07, 6.45) is -5.50. The van der Waals surface area contributed by atoms with Crippen LogP contribution in [0.5, 0.6) is 11.5 Å². The highest BCUT2D eigenvalue weighted by molar-refractivity contribution is 5.97. The highest BCUT2D eigenvalue weighted by Crippen LogP contribution is 2.36. The molecule has 0 bridgehead atoms. The second-order valence-corrected chi connectivity index (χ2v) is 6.68. The molecule has 0 aliphatic carbocycles. The predicted molar refractivity (Wildman–Crippen MR) is 99.5 cm³/mol. The Bertz CT molecular complexity index is 898. The van der Waals surface area contributed by atoms with Crippen molar-refractivity contribution in [2.45, 2.75) is 12.3 Å². The molecule has 1 unspecified atom stereocenters. The summed E-state index contributed by atoms with van der Waals surface area (Å²) in [6, 6.07) is 10.2. The molecule has 1 atom stereocenters. The number of alkyl halides is 3. The van der Waals surface area contributed by atoms with Crippen molar-refractivity contribution < 1.29 is 32.2 Å². The molecule has 0 spiro atoms. The Balaban J connectivity index is 1.58. The Hall–Kier alpha value is -2.94. The number of carbonyl (C=O) groups excluding carboxylic acids is 1. The first kappa shape index (κ1) is 19.4. The van der Waals surface area contributed by atoms with Gasteiger partial charge in [0.2, 0.25) is 6.10 Å². The summed E-state index contributed by atoms with van der Waals surface area (Å²) in [4.78, 5) is 14.6. The van der Waals surface area contributed by atoms with E-state index < -0.39 is 23.8 Å². The zero-order valence-corrected chi connectivity index (χ0v) is 15.4. The number of hydrogen-bond donors (Lipinski definition) is 1. The van der Waals surface area contributed by atoms with Crippen LogP contribution in [0, 0.1) is 0 Å². The van der Waals surface area contributed by atoms with Gasteiger partial charge in [0.1, 0.15) is 6.61 Å². The summed E-state index contributed by atoms with van der Waals surface area (Å²) in [5, 5.41) is 2.59. The average molecular weight is 408 g/mol. The van der Waals surface area contributed by atoms with E-state index in [0.717, 1.165) is 12.1 Å². The van der Waals surface area contributed by atoms with E-state index >= 15 is 0 Å². The van der Waals surface area contributed by atoms with Crippen LogP contribution in [0.25, 0.3) is 0 Å². The van der Waals surface area contributed by atoms with Gasteiger partial charge in [-0.2, -0.15) is 13.2 Å². The third-order valence-corrected chi connectivity index (χ3v) is 4.73. The summed E-state index contributed by atoms with van der Waals surface area (Å²) in [5.74, 6) is 0.356.